The number of piperidine rings is 1. The quantitative estimate of drug-likeness (QED) is 0.747. The maximum absolute atomic E-state index is 5.77. The van der Waals surface area contributed by atoms with E-state index in [0.29, 0.717) is 5.11 Å². The molecule has 1 saturated heterocycles. The highest BCUT2D eigenvalue weighted by Gasteiger charge is 2.22. The lowest BCUT2D eigenvalue weighted by Crippen LogP contribution is -2.52. The summed E-state index contributed by atoms with van der Waals surface area (Å²) < 4.78 is 0. The molecule has 0 amide bonds. The average Bonchev–Trinajstić information content (AvgIpc) is 2.18. The summed E-state index contributed by atoms with van der Waals surface area (Å²) in [6, 6.07) is 0. The molecule has 1 atom stereocenters. The summed E-state index contributed by atoms with van der Waals surface area (Å²) >= 11 is 5.11. The lowest BCUT2D eigenvalue weighted by Gasteiger charge is -2.40. The van der Waals surface area contributed by atoms with Gasteiger partial charge in [-0.1, -0.05) is 20.3 Å². The zero-order valence-electron chi connectivity index (χ0n) is 9.91. The molecule has 1 aliphatic rings. The number of hydrazine groups is 1. The van der Waals surface area contributed by atoms with Crippen LogP contribution < -0.4 is 5.73 Å². The molecule has 0 aromatic carbocycles. The van der Waals surface area contributed by atoms with Gasteiger partial charge in [-0.3, -0.25) is 5.01 Å². The Kier molecular flexibility index (Phi) is 5.32. The fourth-order valence-electron chi connectivity index (χ4n) is 2.08. The Labute approximate surface area is 98.6 Å². The van der Waals surface area contributed by atoms with Crippen molar-refractivity contribution in [1.29, 1.82) is 0 Å². The third-order valence-corrected chi connectivity index (χ3v) is 3.17. The standard InChI is InChI=1S/C11H23N3S/c1-3-4-8-14(11(12)15)13-7-5-6-10(2)9-13/h10H,3-9H2,1-2H3,(H2,12,15). The summed E-state index contributed by atoms with van der Waals surface area (Å²) in [5.41, 5.74) is 5.77. The van der Waals surface area contributed by atoms with Gasteiger partial charge in [0, 0.05) is 19.6 Å². The molecule has 1 fully saturated rings. The first-order valence-corrected chi connectivity index (χ1v) is 6.37. The number of hydrogen-bond acceptors (Lipinski definition) is 2. The Bertz CT molecular complexity index is 208. The van der Waals surface area contributed by atoms with E-state index in [1.165, 1.54) is 19.3 Å². The van der Waals surface area contributed by atoms with Crippen molar-refractivity contribution >= 4 is 17.3 Å². The number of thiocarbonyl (C=S) groups is 1. The van der Waals surface area contributed by atoms with Gasteiger partial charge >= 0.3 is 0 Å². The van der Waals surface area contributed by atoms with E-state index >= 15 is 0 Å². The molecule has 0 saturated carbocycles. The molecule has 1 rings (SSSR count). The molecular weight excluding hydrogens is 206 g/mol. The molecule has 15 heavy (non-hydrogen) atoms. The summed E-state index contributed by atoms with van der Waals surface area (Å²) in [5.74, 6) is 0.761. The van der Waals surface area contributed by atoms with Gasteiger partial charge < -0.3 is 5.73 Å². The fourth-order valence-corrected chi connectivity index (χ4v) is 2.29. The van der Waals surface area contributed by atoms with Gasteiger partial charge in [0.15, 0.2) is 5.11 Å². The smallest absolute Gasteiger partial charge is 0.181 e. The van der Waals surface area contributed by atoms with Crippen molar-refractivity contribution in [2.45, 2.75) is 39.5 Å². The molecular formula is C11H23N3S. The largest absolute Gasteiger partial charge is 0.375 e. The van der Waals surface area contributed by atoms with Crippen LogP contribution in [0.1, 0.15) is 39.5 Å². The molecule has 1 unspecified atom stereocenters. The lowest BCUT2D eigenvalue weighted by molar-refractivity contribution is 0.00693. The van der Waals surface area contributed by atoms with E-state index in [1.54, 1.807) is 0 Å². The molecule has 0 aromatic heterocycles. The van der Waals surface area contributed by atoms with Crippen LogP contribution in [0.15, 0.2) is 0 Å². The van der Waals surface area contributed by atoms with Crippen LogP contribution in [0.25, 0.3) is 0 Å². The van der Waals surface area contributed by atoms with Crippen LogP contribution in [0.5, 0.6) is 0 Å². The summed E-state index contributed by atoms with van der Waals surface area (Å²) in [6.07, 6.45) is 4.92. The number of hydrogen-bond donors (Lipinski definition) is 1. The van der Waals surface area contributed by atoms with Gasteiger partial charge in [-0.2, -0.15) is 0 Å². The topological polar surface area (TPSA) is 32.5 Å². The Morgan fingerprint density at radius 1 is 1.60 bits per heavy atom. The highest BCUT2D eigenvalue weighted by molar-refractivity contribution is 7.80. The van der Waals surface area contributed by atoms with Crippen molar-refractivity contribution in [3.05, 3.63) is 0 Å². The van der Waals surface area contributed by atoms with Crippen molar-refractivity contribution in [2.75, 3.05) is 19.6 Å². The zero-order chi connectivity index (χ0) is 11.3. The molecule has 0 aliphatic carbocycles. The third-order valence-electron chi connectivity index (χ3n) is 2.95. The molecule has 2 N–H and O–H groups in total. The first kappa shape index (κ1) is 12.7. The van der Waals surface area contributed by atoms with E-state index in [2.05, 4.69) is 23.9 Å². The first-order chi connectivity index (χ1) is 7.15. The Morgan fingerprint density at radius 3 is 2.87 bits per heavy atom. The number of unbranched alkanes of at least 4 members (excludes halogenated alkanes) is 1. The molecule has 3 nitrogen and oxygen atoms in total. The van der Waals surface area contributed by atoms with Crippen LogP contribution in [0.3, 0.4) is 0 Å². The van der Waals surface area contributed by atoms with E-state index in [9.17, 15) is 0 Å². The summed E-state index contributed by atoms with van der Waals surface area (Å²) in [7, 11) is 0. The molecule has 0 spiro atoms. The fraction of sp³-hybridized carbons (Fsp3) is 0.909. The summed E-state index contributed by atoms with van der Waals surface area (Å²) in [5, 5.41) is 4.94. The van der Waals surface area contributed by atoms with Gasteiger partial charge in [-0.15, -0.1) is 0 Å². The number of nitrogens with two attached hydrogens (primary N) is 1. The molecule has 0 bridgehead atoms. The molecule has 1 heterocycles. The summed E-state index contributed by atoms with van der Waals surface area (Å²) in [4.78, 5) is 0. The third kappa shape index (κ3) is 3.95. The Balaban J connectivity index is 2.50. The van der Waals surface area contributed by atoms with Gasteiger partial charge in [0.25, 0.3) is 0 Å². The van der Waals surface area contributed by atoms with Crippen molar-refractivity contribution in [3.8, 4) is 0 Å². The minimum Gasteiger partial charge on any atom is -0.375 e. The second kappa shape index (κ2) is 6.28. The first-order valence-electron chi connectivity index (χ1n) is 5.97. The van der Waals surface area contributed by atoms with Crippen LogP contribution in [0.4, 0.5) is 0 Å². The van der Waals surface area contributed by atoms with Crippen LogP contribution in [-0.4, -0.2) is 34.8 Å². The van der Waals surface area contributed by atoms with Gasteiger partial charge in [0.1, 0.15) is 0 Å². The SMILES string of the molecule is CCCCN(C(N)=S)N1CCCC(C)C1. The van der Waals surface area contributed by atoms with Crippen molar-refractivity contribution in [2.24, 2.45) is 11.7 Å². The molecule has 0 radical (unpaired) electrons. The second-order valence-corrected chi connectivity index (χ2v) is 4.89. The van der Waals surface area contributed by atoms with Gasteiger partial charge in [-0.25, -0.2) is 5.01 Å². The molecule has 0 aromatic rings. The molecule has 4 heteroatoms. The summed E-state index contributed by atoms with van der Waals surface area (Å²) in [6.45, 7) is 7.66. The molecule has 1 aliphatic heterocycles. The van der Waals surface area contributed by atoms with Crippen LogP contribution in [-0.2, 0) is 0 Å². The van der Waals surface area contributed by atoms with Crippen molar-refractivity contribution in [3.63, 3.8) is 0 Å². The van der Waals surface area contributed by atoms with E-state index in [4.69, 9.17) is 18.0 Å². The highest BCUT2D eigenvalue weighted by Crippen LogP contribution is 2.17. The maximum Gasteiger partial charge on any atom is 0.181 e. The average molecular weight is 229 g/mol. The minimum atomic E-state index is 0.526. The monoisotopic (exact) mass is 229 g/mol. The van der Waals surface area contributed by atoms with E-state index < -0.39 is 0 Å². The predicted molar refractivity (Wildman–Crippen MR) is 68.4 cm³/mol. The minimum absolute atomic E-state index is 0.526. The Hall–Kier alpha value is -0.350. The lowest BCUT2D eigenvalue weighted by atomic mass is 10.0. The Morgan fingerprint density at radius 2 is 2.33 bits per heavy atom. The van der Waals surface area contributed by atoms with Crippen LogP contribution in [0, 0.1) is 5.92 Å². The van der Waals surface area contributed by atoms with E-state index in [1.807, 2.05) is 0 Å². The normalized spacial score (nSPS) is 22.7. The van der Waals surface area contributed by atoms with Crippen LogP contribution >= 0.6 is 12.2 Å². The van der Waals surface area contributed by atoms with Crippen molar-refractivity contribution in [1.82, 2.24) is 10.0 Å². The highest BCUT2D eigenvalue weighted by atomic mass is 32.1. The predicted octanol–water partition coefficient (Wildman–Crippen LogP) is 1.98. The second-order valence-electron chi connectivity index (χ2n) is 4.47. The number of rotatable bonds is 4. The maximum atomic E-state index is 5.77. The molecule has 88 valence electrons. The van der Waals surface area contributed by atoms with Gasteiger partial charge in [-0.05, 0) is 37.4 Å². The van der Waals surface area contributed by atoms with Gasteiger partial charge in [0.05, 0.1) is 0 Å². The number of nitrogens with zero attached hydrogens (tertiary/aromatic N) is 2. The van der Waals surface area contributed by atoms with Gasteiger partial charge in [0.2, 0.25) is 0 Å². The zero-order valence-corrected chi connectivity index (χ0v) is 10.7. The van der Waals surface area contributed by atoms with E-state index in [-0.39, 0.29) is 0 Å². The van der Waals surface area contributed by atoms with E-state index in [0.717, 1.165) is 32.0 Å². The van der Waals surface area contributed by atoms with Crippen molar-refractivity contribution < 1.29 is 0 Å². The van der Waals surface area contributed by atoms with Crippen LogP contribution in [0.2, 0.25) is 0 Å².